The molecule has 1 aliphatic carbocycles. The third-order valence-electron chi connectivity index (χ3n) is 3.61. The van der Waals surface area contributed by atoms with Crippen molar-refractivity contribution in [3.8, 4) is 0 Å². The van der Waals surface area contributed by atoms with E-state index in [1.165, 1.54) is 6.42 Å². The fraction of sp³-hybridized carbons (Fsp3) is 1.00. The zero-order valence-electron chi connectivity index (χ0n) is 11.3. The van der Waals surface area contributed by atoms with Gasteiger partial charge in [0.2, 0.25) is 10.0 Å². The molecule has 1 rings (SSSR count). The van der Waals surface area contributed by atoms with Crippen molar-refractivity contribution in [1.82, 2.24) is 9.62 Å². The summed E-state index contributed by atoms with van der Waals surface area (Å²) in [5.74, 6) is -0.00346. The molecule has 1 fully saturated rings. The van der Waals surface area contributed by atoms with E-state index in [9.17, 15) is 8.42 Å². The van der Waals surface area contributed by atoms with Gasteiger partial charge in [0.05, 0.1) is 19.0 Å². The summed E-state index contributed by atoms with van der Waals surface area (Å²) in [4.78, 5) is 2.12. The van der Waals surface area contributed by atoms with Crippen LogP contribution in [0.5, 0.6) is 0 Å². The Morgan fingerprint density at radius 1 is 1.33 bits per heavy atom. The van der Waals surface area contributed by atoms with E-state index in [0.717, 1.165) is 12.8 Å². The molecule has 0 aliphatic heterocycles. The first-order chi connectivity index (χ1) is 8.42. The zero-order valence-corrected chi connectivity index (χ0v) is 12.1. The van der Waals surface area contributed by atoms with E-state index in [0.29, 0.717) is 19.7 Å². The number of likely N-dealkylation sites (N-methyl/N-ethyl adjacent to an activating group) is 1. The number of hydrogen-bond acceptors (Lipinski definition) is 5. The Kier molecular flexibility index (Phi) is 6.00. The summed E-state index contributed by atoms with van der Waals surface area (Å²) in [5.41, 5.74) is 5.26. The number of nitrogens with two attached hydrogens (primary N) is 1. The molecular weight excluding hydrogens is 254 g/mol. The van der Waals surface area contributed by atoms with E-state index in [-0.39, 0.29) is 17.9 Å². The lowest BCUT2D eigenvalue weighted by Crippen LogP contribution is -2.57. The molecule has 6 nitrogen and oxygen atoms in total. The average Bonchev–Trinajstić information content (AvgIpc) is 2.22. The van der Waals surface area contributed by atoms with Gasteiger partial charge in [0.15, 0.2) is 0 Å². The molecule has 0 aromatic heterocycles. The number of nitrogens with zero attached hydrogens (tertiary/aromatic N) is 1. The summed E-state index contributed by atoms with van der Waals surface area (Å²) in [5, 5.41) is 0. The summed E-state index contributed by atoms with van der Waals surface area (Å²) < 4.78 is 31.3. The van der Waals surface area contributed by atoms with Crippen LogP contribution in [-0.4, -0.2) is 65.0 Å². The highest BCUT2D eigenvalue weighted by molar-refractivity contribution is 7.89. The molecule has 0 atom stereocenters. The van der Waals surface area contributed by atoms with Crippen LogP contribution in [0.2, 0.25) is 0 Å². The lowest BCUT2D eigenvalue weighted by Gasteiger charge is -2.47. The van der Waals surface area contributed by atoms with Crippen molar-refractivity contribution in [1.29, 1.82) is 0 Å². The van der Waals surface area contributed by atoms with Crippen LogP contribution in [0.1, 0.15) is 19.3 Å². The molecule has 0 aromatic carbocycles. The Labute approximate surface area is 110 Å². The van der Waals surface area contributed by atoms with Gasteiger partial charge in [-0.3, -0.25) is 0 Å². The van der Waals surface area contributed by atoms with E-state index in [2.05, 4.69) is 9.62 Å². The molecule has 1 aliphatic rings. The first kappa shape index (κ1) is 15.8. The Hall–Kier alpha value is -0.210. The van der Waals surface area contributed by atoms with Gasteiger partial charge in [0.25, 0.3) is 0 Å². The van der Waals surface area contributed by atoms with Crippen molar-refractivity contribution in [2.75, 3.05) is 46.2 Å². The molecule has 3 N–H and O–H groups in total. The molecule has 0 aromatic rings. The van der Waals surface area contributed by atoms with E-state index in [4.69, 9.17) is 10.5 Å². The molecule has 108 valence electrons. The quantitative estimate of drug-likeness (QED) is 0.549. The van der Waals surface area contributed by atoms with Gasteiger partial charge < -0.3 is 15.4 Å². The Morgan fingerprint density at radius 3 is 2.44 bits per heavy atom. The fourth-order valence-corrected chi connectivity index (χ4v) is 3.01. The predicted molar refractivity (Wildman–Crippen MR) is 71.9 cm³/mol. The number of hydrogen-bond donors (Lipinski definition) is 2. The molecule has 0 unspecified atom stereocenters. The van der Waals surface area contributed by atoms with Gasteiger partial charge in [0.1, 0.15) is 0 Å². The normalized spacial score (nSPS) is 18.9. The minimum Gasteiger partial charge on any atom is -0.379 e. The van der Waals surface area contributed by atoms with Crippen molar-refractivity contribution in [2.24, 2.45) is 5.73 Å². The Balaban J connectivity index is 2.32. The molecule has 1 saturated carbocycles. The SMILES string of the molecule is CN(C)C1(CNS(=O)(=O)CCOCCN)CCC1. The standard InChI is InChI=1S/C11H25N3O3S/c1-14(2)11(4-3-5-11)10-13-18(15,16)9-8-17-7-6-12/h13H,3-10,12H2,1-2H3. The molecule has 0 radical (unpaired) electrons. The van der Waals surface area contributed by atoms with Crippen molar-refractivity contribution in [2.45, 2.75) is 24.8 Å². The van der Waals surface area contributed by atoms with Crippen LogP contribution in [0.15, 0.2) is 0 Å². The van der Waals surface area contributed by atoms with Crippen molar-refractivity contribution in [3.63, 3.8) is 0 Å². The highest BCUT2D eigenvalue weighted by Gasteiger charge is 2.39. The summed E-state index contributed by atoms with van der Waals surface area (Å²) in [6.45, 7) is 1.50. The molecule has 0 spiro atoms. The van der Waals surface area contributed by atoms with E-state index in [1.807, 2.05) is 14.1 Å². The first-order valence-corrected chi connectivity index (χ1v) is 8.00. The van der Waals surface area contributed by atoms with Crippen molar-refractivity contribution >= 4 is 10.0 Å². The smallest absolute Gasteiger partial charge is 0.213 e. The van der Waals surface area contributed by atoms with Gasteiger partial charge in [-0.2, -0.15) is 0 Å². The van der Waals surface area contributed by atoms with Gasteiger partial charge in [0, 0.05) is 18.6 Å². The van der Waals surface area contributed by atoms with Crippen LogP contribution < -0.4 is 10.5 Å². The highest BCUT2D eigenvalue weighted by atomic mass is 32.2. The summed E-state index contributed by atoms with van der Waals surface area (Å²) in [7, 11) is 0.748. The number of nitrogens with one attached hydrogen (secondary N) is 1. The summed E-state index contributed by atoms with van der Waals surface area (Å²) in [6.07, 6.45) is 3.26. The molecule has 0 saturated heterocycles. The van der Waals surface area contributed by atoms with E-state index in [1.54, 1.807) is 0 Å². The third kappa shape index (κ3) is 4.47. The second-order valence-electron chi connectivity index (χ2n) is 5.01. The van der Waals surface area contributed by atoms with Crippen molar-refractivity contribution in [3.05, 3.63) is 0 Å². The minimum absolute atomic E-state index is 0.00346. The second kappa shape index (κ2) is 6.81. The molecule has 0 amide bonds. The van der Waals surface area contributed by atoms with Gasteiger partial charge in [-0.15, -0.1) is 0 Å². The number of sulfonamides is 1. The molecule has 18 heavy (non-hydrogen) atoms. The van der Waals surface area contributed by atoms with Crippen LogP contribution in [0.25, 0.3) is 0 Å². The highest BCUT2D eigenvalue weighted by Crippen LogP contribution is 2.35. The zero-order chi connectivity index (χ0) is 13.6. The summed E-state index contributed by atoms with van der Waals surface area (Å²) in [6, 6.07) is 0. The van der Waals surface area contributed by atoms with Crippen LogP contribution in [0, 0.1) is 0 Å². The molecule has 0 bridgehead atoms. The maximum absolute atomic E-state index is 11.8. The van der Waals surface area contributed by atoms with Crippen LogP contribution in [0.4, 0.5) is 0 Å². The molecule has 0 heterocycles. The number of rotatable bonds is 9. The second-order valence-corrected chi connectivity index (χ2v) is 6.94. The van der Waals surface area contributed by atoms with Crippen molar-refractivity contribution < 1.29 is 13.2 Å². The van der Waals surface area contributed by atoms with Crippen LogP contribution >= 0.6 is 0 Å². The predicted octanol–water partition coefficient (Wildman–Crippen LogP) is -0.635. The topological polar surface area (TPSA) is 84.7 Å². The lowest BCUT2D eigenvalue weighted by molar-refractivity contribution is 0.0656. The number of ether oxygens (including phenoxy) is 1. The fourth-order valence-electron chi connectivity index (χ4n) is 2.04. The lowest BCUT2D eigenvalue weighted by atomic mass is 9.76. The first-order valence-electron chi connectivity index (χ1n) is 6.34. The summed E-state index contributed by atoms with van der Waals surface area (Å²) >= 11 is 0. The van der Waals surface area contributed by atoms with Crippen LogP contribution in [-0.2, 0) is 14.8 Å². The largest absolute Gasteiger partial charge is 0.379 e. The van der Waals surface area contributed by atoms with Crippen LogP contribution in [0.3, 0.4) is 0 Å². The van der Waals surface area contributed by atoms with E-state index < -0.39 is 10.0 Å². The monoisotopic (exact) mass is 279 g/mol. The maximum atomic E-state index is 11.8. The Morgan fingerprint density at radius 2 is 2.00 bits per heavy atom. The third-order valence-corrected chi connectivity index (χ3v) is 4.90. The maximum Gasteiger partial charge on any atom is 0.213 e. The molecule has 7 heteroatoms. The van der Waals surface area contributed by atoms with Gasteiger partial charge >= 0.3 is 0 Å². The van der Waals surface area contributed by atoms with Gasteiger partial charge in [-0.25, -0.2) is 13.1 Å². The average molecular weight is 279 g/mol. The van der Waals surface area contributed by atoms with Gasteiger partial charge in [-0.1, -0.05) is 0 Å². The Bertz CT molecular complexity index is 339. The molecular formula is C11H25N3O3S. The van der Waals surface area contributed by atoms with Gasteiger partial charge in [-0.05, 0) is 33.4 Å². The van der Waals surface area contributed by atoms with E-state index >= 15 is 0 Å². The minimum atomic E-state index is -3.25.